The lowest BCUT2D eigenvalue weighted by Crippen LogP contribution is -2.54. The topological polar surface area (TPSA) is 75.7 Å². The lowest BCUT2D eigenvalue weighted by Gasteiger charge is -2.36. The highest BCUT2D eigenvalue weighted by Gasteiger charge is 2.55. The van der Waals surface area contributed by atoms with E-state index in [0.29, 0.717) is 11.3 Å². The summed E-state index contributed by atoms with van der Waals surface area (Å²) in [5.74, 6) is -0.889. The first-order chi connectivity index (χ1) is 14.1. The van der Waals surface area contributed by atoms with Crippen LogP contribution in [0.25, 0.3) is 0 Å². The molecule has 164 valence electrons. The SMILES string of the molecule is CC1CCCCC12NC(=O)N(CC(=O)OCCSc1cccc(C(F)(F)F)c1)C2=O. The smallest absolute Gasteiger partial charge is 0.416 e. The minimum atomic E-state index is -4.42. The van der Waals surface area contributed by atoms with Gasteiger partial charge in [-0.3, -0.25) is 14.5 Å². The van der Waals surface area contributed by atoms with Crippen LogP contribution in [0, 0.1) is 5.92 Å². The normalized spacial score (nSPS) is 24.3. The Morgan fingerprint density at radius 3 is 2.80 bits per heavy atom. The highest BCUT2D eigenvalue weighted by molar-refractivity contribution is 7.99. The Morgan fingerprint density at radius 2 is 2.10 bits per heavy atom. The fourth-order valence-corrected chi connectivity index (χ4v) is 4.68. The maximum absolute atomic E-state index is 12.8. The number of alkyl halides is 3. The molecule has 0 aromatic heterocycles. The number of benzene rings is 1. The molecule has 1 aromatic rings. The average molecular weight is 444 g/mol. The zero-order valence-corrected chi connectivity index (χ0v) is 17.3. The number of hydrogen-bond donors (Lipinski definition) is 1. The van der Waals surface area contributed by atoms with Crippen molar-refractivity contribution in [3.63, 3.8) is 0 Å². The molecule has 0 bridgehead atoms. The van der Waals surface area contributed by atoms with Crippen LogP contribution in [0.15, 0.2) is 29.2 Å². The first kappa shape index (κ1) is 22.5. The molecule has 1 aliphatic carbocycles. The van der Waals surface area contributed by atoms with Crippen molar-refractivity contribution in [1.29, 1.82) is 0 Å². The summed E-state index contributed by atoms with van der Waals surface area (Å²) in [6, 6.07) is 4.28. The lowest BCUT2D eigenvalue weighted by molar-refractivity contribution is -0.148. The summed E-state index contributed by atoms with van der Waals surface area (Å²) in [5, 5.41) is 2.76. The number of nitrogens with one attached hydrogen (secondary N) is 1. The Kier molecular flexibility index (Phi) is 6.64. The number of thioether (sulfide) groups is 1. The van der Waals surface area contributed by atoms with Gasteiger partial charge in [0.05, 0.1) is 5.56 Å². The maximum atomic E-state index is 12.8. The van der Waals surface area contributed by atoms with Gasteiger partial charge < -0.3 is 10.1 Å². The second-order valence-corrected chi connectivity index (χ2v) is 8.70. The fraction of sp³-hybridized carbons (Fsp3) is 0.550. The highest BCUT2D eigenvalue weighted by atomic mass is 32.2. The number of ether oxygens (including phenoxy) is 1. The molecule has 1 N–H and O–H groups in total. The minimum Gasteiger partial charge on any atom is -0.463 e. The first-order valence-electron chi connectivity index (χ1n) is 9.73. The van der Waals surface area contributed by atoms with Crippen LogP contribution >= 0.6 is 11.8 Å². The Morgan fingerprint density at radius 1 is 1.33 bits per heavy atom. The van der Waals surface area contributed by atoms with Gasteiger partial charge in [0, 0.05) is 10.6 Å². The quantitative estimate of drug-likeness (QED) is 0.312. The molecule has 3 rings (SSSR count). The minimum absolute atomic E-state index is 0.00687. The molecule has 1 saturated heterocycles. The van der Waals surface area contributed by atoms with E-state index in [2.05, 4.69) is 5.32 Å². The van der Waals surface area contributed by atoms with Gasteiger partial charge in [0.15, 0.2) is 0 Å². The van der Waals surface area contributed by atoms with Gasteiger partial charge >= 0.3 is 18.2 Å². The van der Waals surface area contributed by atoms with Gasteiger partial charge in [0.25, 0.3) is 5.91 Å². The highest BCUT2D eigenvalue weighted by Crippen LogP contribution is 2.38. The Balaban J connectivity index is 1.47. The predicted octanol–water partition coefficient (Wildman–Crippen LogP) is 3.84. The molecule has 30 heavy (non-hydrogen) atoms. The van der Waals surface area contributed by atoms with E-state index in [1.807, 2.05) is 6.92 Å². The fourth-order valence-electron chi connectivity index (χ4n) is 3.89. The van der Waals surface area contributed by atoms with Crippen molar-refractivity contribution >= 4 is 29.7 Å². The molecule has 2 aliphatic rings. The van der Waals surface area contributed by atoms with Crippen LogP contribution in [-0.4, -0.2) is 47.3 Å². The number of urea groups is 1. The van der Waals surface area contributed by atoms with Gasteiger partial charge in [0.1, 0.15) is 18.7 Å². The molecule has 1 aromatic carbocycles. The van der Waals surface area contributed by atoms with Crippen molar-refractivity contribution in [2.24, 2.45) is 5.92 Å². The number of nitrogens with zero attached hydrogens (tertiary/aromatic N) is 1. The van der Waals surface area contributed by atoms with Crippen LogP contribution in [0.4, 0.5) is 18.0 Å². The third-order valence-electron chi connectivity index (χ3n) is 5.57. The molecular formula is C20H23F3N2O4S. The number of carbonyl (C=O) groups is 3. The van der Waals surface area contributed by atoms with Crippen molar-refractivity contribution in [3.8, 4) is 0 Å². The second kappa shape index (κ2) is 8.87. The monoisotopic (exact) mass is 444 g/mol. The van der Waals surface area contributed by atoms with Crippen LogP contribution in [0.3, 0.4) is 0 Å². The number of amides is 3. The molecule has 1 heterocycles. The number of imide groups is 1. The molecule has 10 heteroatoms. The van der Waals surface area contributed by atoms with Crippen molar-refractivity contribution < 1.29 is 32.3 Å². The number of hydrogen-bond acceptors (Lipinski definition) is 5. The van der Waals surface area contributed by atoms with Gasteiger partial charge in [-0.2, -0.15) is 13.2 Å². The standard InChI is InChI=1S/C20H23F3N2O4S/c1-13-5-2-3-8-19(13)17(27)25(18(28)24-19)12-16(26)29-9-10-30-15-7-4-6-14(11-15)20(21,22)23/h4,6-7,11,13H,2-3,5,8-10,12H2,1H3,(H,24,28). The summed E-state index contributed by atoms with van der Waals surface area (Å²) in [4.78, 5) is 38.4. The maximum Gasteiger partial charge on any atom is 0.416 e. The number of rotatable bonds is 6. The van der Waals surface area contributed by atoms with Crippen LogP contribution in [-0.2, 0) is 20.5 Å². The Bertz CT molecular complexity index is 833. The molecular weight excluding hydrogens is 421 g/mol. The number of carbonyl (C=O) groups excluding carboxylic acids is 3. The Hall–Kier alpha value is -2.23. The van der Waals surface area contributed by atoms with E-state index in [1.54, 1.807) is 6.07 Å². The van der Waals surface area contributed by atoms with Crippen LogP contribution in [0.5, 0.6) is 0 Å². The molecule has 0 radical (unpaired) electrons. The molecule has 1 spiro atoms. The molecule has 1 aliphatic heterocycles. The van der Waals surface area contributed by atoms with E-state index in [0.717, 1.165) is 48.1 Å². The van der Waals surface area contributed by atoms with Gasteiger partial charge in [-0.15, -0.1) is 11.8 Å². The van der Waals surface area contributed by atoms with Crippen LogP contribution < -0.4 is 5.32 Å². The molecule has 3 amide bonds. The second-order valence-electron chi connectivity index (χ2n) is 7.53. The largest absolute Gasteiger partial charge is 0.463 e. The van der Waals surface area contributed by atoms with Gasteiger partial charge in [-0.1, -0.05) is 25.8 Å². The van der Waals surface area contributed by atoms with Gasteiger partial charge in [0.2, 0.25) is 0 Å². The van der Waals surface area contributed by atoms with Gasteiger partial charge in [-0.05, 0) is 37.0 Å². The van der Waals surface area contributed by atoms with E-state index in [-0.39, 0.29) is 18.3 Å². The van der Waals surface area contributed by atoms with Crippen LogP contribution in [0.2, 0.25) is 0 Å². The number of halogens is 3. The Labute approximate surface area is 176 Å². The van der Waals surface area contributed by atoms with E-state index < -0.39 is 41.7 Å². The summed E-state index contributed by atoms with van der Waals surface area (Å²) in [7, 11) is 0. The van der Waals surface area contributed by atoms with Gasteiger partial charge in [-0.25, -0.2) is 4.79 Å². The van der Waals surface area contributed by atoms with Crippen molar-refractivity contribution in [2.45, 2.75) is 49.2 Å². The van der Waals surface area contributed by atoms with Crippen LogP contribution in [0.1, 0.15) is 38.2 Å². The van der Waals surface area contributed by atoms with Crippen molar-refractivity contribution in [3.05, 3.63) is 29.8 Å². The summed E-state index contributed by atoms with van der Waals surface area (Å²) in [6.45, 7) is 1.39. The van der Waals surface area contributed by atoms with E-state index in [9.17, 15) is 27.6 Å². The summed E-state index contributed by atoms with van der Waals surface area (Å²) in [5.41, 5.74) is -1.68. The molecule has 2 fully saturated rings. The van der Waals surface area contributed by atoms with E-state index >= 15 is 0 Å². The summed E-state index contributed by atoms with van der Waals surface area (Å²) >= 11 is 1.12. The first-order valence-corrected chi connectivity index (χ1v) is 10.7. The van der Waals surface area contributed by atoms with E-state index in [4.69, 9.17) is 4.74 Å². The molecule has 6 nitrogen and oxygen atoms in total. The third kappa shape index (κ3) is 4.74. The molecule has 2 atom stereocenters. The third-order valence-corrected chi connectivity index (χ3v) is 6.52. The zero-order chi connectivity index (χ0) is 21.9. The predicted molar refractivity (Wildman–Crippen MR) is 104 cm³/mol. The molecule has 2 unspecified atom stereocenters. The molecule has 1 saturated carbocycles. The summed E-state index contributed by atoms with van der Waals surface area (Å²) < 4.78 is 43.3. The average Bonchev–Trinajstić information content (AvgIpc) is 2.92. The van der Waals surface area contributed by atoms with Crippen molar-refractivity contribution in [2.75, 3.05) is 18.9 Å². The van der Waals surface area contributed by atoms with Crippen molar-refractivity contribution in [1.82, 2.24) is 10.2 Å². The number of esters is 1. The zero-order valence-electron chi connectivity index (χ0n) is 16.5. The lowest BCUT2D eigenvalue weighted by atomic mass is 9.73. The van der Waals surface area contributed by atoms with E-state index in [1.165, 1.54) is 6.07 Å². The summed E-state index contributed by atoms with van der Waals surface area (Å²) in [6.07, 6.45) is -1.20.